The van der Waals surface area contributed by atoms with E-state index in [1.165, 1.54) is 16.7 Å². The summed E-state index contributed by atoms with van der Waals surface area (Å²) >= 11 is 0. The second-order valence-corrected chi connectivity index (χ2v) is 17.3. The average molecular weight is 902 g/mol. The van der Waals surface area contributed by atoms with Gasteiger partial charge in [0, 0.05) is 24.2 Å². The largest absolute Gasteiger partial charge is 0.462 e. The maximum atomic E-state index is 13.0. The van der Waals surface area contributed by atoms with Gasteiger partial charge in [-0.25, -0.2) is 14.4 Å². The van der Waals surface area contributed by atoms with Crippen LogP contribution in [0.3, 0.4) is 0 Å². The van der Waals surface area contributed by atoms with Crippen LogP contribution in [-0.4, -0.2) is 48.2 Å². The van der Waals surface area contributed by atoms with E-state index in [4.69, 9.17) is 14.2 Å². The van der Waals surface area contributed by atoms with Crippen molar-refractivity contribution in [1.29, 1.82) is 0 Å². The van der Waals surface area contributed by atoms with Crippen molar-refractivity contribution in [2.45, 2.75) is 103 Å². The van der Waals surface area contributed by atoms with Crippen LogP contribution in [0, 0.1) is 10.1 Å². The van der Waals surface area contributed by atoms with Crippen molar-refractivity contribution in [2.75, 3.05) is 19.8 Å². The molecule has 0 spiro atoms. The number of aryl methyl sites for hydroxylation is 3. The Hall–Kier alpha value is -6.87. The van der Waals surface area contributed by atoms with E-state index in [9.17, 15) is 24.5 Å². The van der Waals surface area contributed by atoms with Gasteiger partial charge in [-0.3, -0.25) is 10.1 Å². The number of ether oxygens (including phenoxy) is 3. The molecule has 6 rings (SSSR count). The third kappa shape index (κ3) is 14.3. The Kier molecular flexibility index (Phi) is 18.6. The van der Waals surface area contributed by atoms with Gasteiger partial charge < -0.3 is 14.2 Å². The number of carbonyl (C=O) groups excluding carboxylic acids is 3. The van der Waals surface area contributed by atoms with Crippen LogP contribution in [0.15, 0.2) is 146 Å². The van der Waals surface area contributed by atoms with Gasteiger partial charge in [0.25, 0.3) is 0 Å². The van der Waals surface area contributed by atoms with Crippen LogP contribution >= 0.6 is 0 Å². The van der Waals surface area contributed by atoms with Gasteiger partial charge in [0.1, 0.15) is 0 Å². The lowest BCUT2D eigenvalue weighted by Crippen LogP contribution is -2.39. The predicted molar refractivity (Wildman–Crippen MR) is 266 cm³/mol. The van der Waals surface area contributed by atoms with Crippen molar-refractivity contribution in [2.24, 2.45) is 0 Å². The molecule has 9 heteroatoms. The van der Waals surface area contributed by atoms with E-state index in [1.807, 2.05) is 36.4 Å². The van der Waals surface area contributed by atoms with Crippen LogP contribution in [0.25, 0.3) is 33.4 Å². The van der Waals surface area contributed by atoms with Gasteiger partial charge in [-0.15, -0.1) is 0 Å². The number of hydrogen-bond acceptors (Lipinski definition) is 8. The summed E-state index contributed by atoms with van der Waals surface area (Å²) in [6, 6.07) is 46.8. The first kappa shape index (κ1) is 49.6. The van der Waals surface area contributed by atoms with Gasteiger partial charge in [0.05, 0.1) is 36.5 Å². The molecule has 0 aliphatic rings. The quantitative estimate of drug-likeness (QED) is 0.0183. The fraction of sp³-hybridized carbons (Fsp3) is 0.328. The van der Waals surface area contributed by atoms with Crippen molar-refractivity contribution >= 4 is 17.9 Å². The molecule has 6 aromatic rings. The zero-order chi connectivity index (χ0) is 47.4. The molecule has 0 N–H and O–H groups in total. The van der Waals surface area contributed by atoms with Crippen LogP contribution in [0.4, 0.5) is 0 Å². The lowest BCUT2D eigenvalue weighted by atomic mass is 9.84. The van der Waals surface area contributed by atoms with E-state index >= 15 is 0 Å². The standard InChI is InChI=1S/C58H63NO8/c1-4-10-43-13-19-46(20-14-43)49-25-31-52(32-26-49)55(60)65-40-7-37-58(59(63)64,38-8-41-66-56(61)53-33-27-50(28-34-53)47-21-15-44(11-5-2)16-22-47)39-9-42-67-57(62)54-35-29-51(30-36-54)48-23-17-45(12-6-3)18-24-48/h13-36H,4-12,37-42H2,1-3H3. The number of nitrogens with zero attached hydrogens (tertiary/aromatic N) is 1. The molecule has 0 saturated heterocycles. The van der Waals surface area contributed by atoms with E-state index in [0.717, 1.165) is 71.9 Å². The maximum Gasteiger partial charge on any atom is 0.338 e. The highest BCUT2D eigenvalue weighted by atomic mass is 16.6. The van der Waals surface area contributed by atoms with Crippen molar-refractivity contribution in [3.63, 3.8) is 0 Å². The summed E-state index contributed by atoms with van der Waals surface area (Å²) in [5.41, 5.74) is 9.67. The topological polar surface area (TPSA) is 122 Å². The van der Waals surface area contributed by atoms with Crippen molar-refractivity contribution in [3.8, 4) is 33.4 Å². The minimum absolute atomic E-state index is 0.0171. The van der Waals surface area contributed by atoms with Gasteiger partial charge in [-0.05, 0) is 125 Å². The van der Waals surface area contributed by atoms with Gasteiger partial charge in [0.2, 0.25) is 5.54 Å². The van der Waals surface area contributed by atoms with Crippen molar-refractivity contribution < 1.29 is 33.5 Å². The lowest BCUT2D eigenvalue weighted by molar-refractivity contribution is -0.574. The number of hydrogen-bond donors (Lipinski definition) is 0. The molecule has 0 aromatic heterocycles. The summed E-state index contributed by atoms with van der Waals surface area (Å²) in [6.45, 7) is 6.40. The lowest BCUT2D eigenvalue weighted by Gasteiger charge is -2.25. The fourth-order valence-electron chi connectivity index (χ4n) is 8.45. The van der Waals surface area contributed by atoms with E-state index in [2.05, 4.69) is 93.6 Å². The van der Waals surface area contributed by atoms with E-state index in [-0.39, 0.29) is 63.3 Å². The zero-order valence-electron chi connectivity index (χ0n) is 39.2. The Balaban J connectivity index is 1.04. The smallest absolute Gasteiger partial charge is 0.338 e. The highest BCUT2D eigenvalue weighted by molar-refractivity contribution is 5.91. The second kappa shape index (κ2) is 25.2. The van der Waals surface area contributed by atoms with Gasteiger partial charge in [-0.2, -0.15) is 0 Å². The molecule has 0 heterocycles. The highest BCUT2D eigenvalue weighted by Gasteiger charge is 2.41. The number of rotatable bonds is 25. The zero-order valence-corrected chi connectivity index (χ0v) is 39.2. The van der Waals surface area contributed by atoms with Crippen LogP contribution in [0.1, 0.15) is 126 Å². The molecule has 0 unspecified atom stereocenters. The fourth-order valence-corrected chi connectivity index (χ4v) is 8.45. The molecule has 0 bridgehead atoms. The molecule has 6 aromatic carbocycles. The monoisotopic (exact) mass is 901 g/mol. The summed E-state index contributed by atoms with van der Waals surface area (Å²) in [5.74, 6) is -1.52. The normalized spacial score (nSPS) is 11.2. The summed E-state index contributed by atoms with van der Waals surface area (Å²) in [7, 11) is 0. The molecule has 9 nitrogen and oxygen atoms in total. The Morgan fingerprint density at radius 2 is 0.627 bits per heavy atom. The molecule has 0 fully saturated rings. The Morgan fingerprint density at radius 1 is 0.403 bits per heavy atom. The molecule has 0 aliphatic carbocycles. The predicted octanol–water partition coefficient (Wildman–Crippen LogP) is 13.8. The molecular weight excluding hydrogens is 839 g/mol. The highest BCUT2D eigenvalue weighted by Crippen LogP contribution is 2.31. The summed E-state index contributed by atoms with van der Waals surface area (Å²) < 4.78 is 16.8. The molecule has 348 valence electrons. The van der Waals surface area contributed by atoms with Crippen molar-refractivity contribution in [1.82, 2.24) is 0 Å². The molecule has 0 atom stereocenters. The van der Waals surface area contributed by atoms with Gasteiger partial charge >= 0.3 is 17.9 Å². The second-order valence-electron chi connectivity index (χ2n) is 17.3. The van der Waals surface area contributed by atoms with Gasteiger partial charge in [0.15, 0.2) is 0 Å². The van der Waals surface area contributed by atoms with E-state index in [0.29, 0.717) is 16.7 Å². The van der Waals surface area contributed by atoms with Crippen molar-refractivity contribution in [3.05, 3.63) is 189 Å². The van der Waals surface area contributed by atoms with Crippen LogP contribution in [-0.2, 0) is 33.5 Å². The average Bonchev–Trinajstić information content (AvgIpc) is 3.36. The van der Waals surface area contributed by atoms with Crippen LogP contribution < -0.4 is 0 Å². The molecule has 67 heavy (non-hydrogen) atoms. The molecule has 0 radical (unpaired) electrons. The minimum atomic E-state index is -1.44. The van der Waals surface area contributed by atoms with Crippen LogP contribution in [0.2, 0.25) is 0 Å². The number of carbonyl (C=O) groups is 3. The number of nitro groups is 1. The number of esters is 3. The molecule has 0 amide bonds. The first-order chi connectivity index (χ1) is 32.6. The molecule has 0 saturated carbocycles. The maximum absolute atomic E-state index is 13.0. The summed E-state index contributed by atoms with van der Waals surface area (Å²) in [6.07, 6.45) is 7.31. The SMILES string of the molecule is CCCc1ccc(-c2ccc(C(=O)OCCCC(CCCOC(=O)c3ccc(-c4ccc(CCC)cc4)cc3)(CCCOC(=O)c3ccc(-c4ccc(CCC)cc4)cc3)[N+](=O)[O-])cc2)cc1. The third-order valence-electron chi connectivity index (χ3n) is 12.3. The summed E-state index contributed by atoms with van der Waals surface area (Å²) in [5, 5.41) is 13.0. The molecular formula is C58H63NO8. The Bertz CT molecular complexity index is 2220. The minimum Gasteiger partial charge on any atom is -0.462 e. The summed E-state index contributed by atoms with van der Waals surface area (Å²) in [4.78, 5) is 51.8. The van der Waals surface area contributed by atoms with Gasteiger partial charge in [-0.1, -0.05) is 149 Å². The Labute approximate surface area is 395 Å². The Morgan fingerprint density at radius 3 is 0.836 bits per heavy atom. The number of benzene rings is 6. The first-order valence-corrected chi connectivity index (χ1v) is 23.9. The van der Waals surface area contributed by atoms with E-state index < -0.39 is 23.4 Å². The third-order valence-corrected chi connectivity index (χ3v) is 12.3. The van der Waals surface area contributed by atoms with Crippen LogP contribution in [0.5, 0.6) is 0 Å². The molecule has 0 aliphatic heterocycles. The first-order valence-electron chi connectivity index (χ1n) is 23.9. The van der Waals surface area contributed by atoms with E-state index in [1.54, 1.807) is 36.4 Å².